The van der Waals surface area contributed by atoms with Crippen LogP contribution in [0.25, 0.3) is 0 Å². The molecule has 0 aliphatic carbocycles. The van der Waals surface area contributed by atoms with Crippen molar-refractivity contribution >= 4 is 17.5 Å². The molecule has 0 atom stereocenters. The van der Waals surface area contributed by atoms with E-state index in [2.05, 4.69) is 0 Å². The van der Waals surface area contributed by atoms with E-state index in [1.54, 1.807) is 24.3 Å². The number of hydrogen-bond acceptors (Lipinski definition) is 2. The molecule has 0 aliphatic rings. The summed E-state index contributed by atoms with van der Waals surface area (Å²) in [5.41, 5.74) is 5.25. The van der Waals surface area contributed by atoms with E-state index in [4.69, 9.17) is 22.1 Å². The third-order valence-corrected chi connectivity index (χ3v) is 2.86. The maximum absolute atomic E-state index is 14.3. The summed E-state index contributed by atoms with van der Waals surface area (Å²) in [4.78, 5) is 10.7. The largest absolute Gasteiger partial charge is 0.453 e. The molecule has 1 radical (unpaired) electrons. The molecule has 103 valence electrons. The number of primary amides is 1. The molecule has 5 heteroatoms. The fourth-order valence-electron chi connectivity index (χ4n) is 1.62. The Labute approximate surface area is 121 Å². The van der Waals surface area contributed by atoms with Gasteiger partial charge in [0.05, 0.1) is 5.02 Å². The molecule has 0 unspecified atom stereocenters. The number of amides is 1. The summed E-state index contributed by atoms with van der Waals surface area (Å²) in [7, 11) is 0. The number of carbonyl (C=O) groups excluding carboxylic acids is 1. The first kappa shape index (κ1) is 14.3. The van der Waals surface area contributed by atoms with Crippen LogP contribution in [0.15, 0.2) is 42.5 Å². The molecular formula is C15H12ClFNO2. The zero-order valence-corrected chi connectivity index (χ0v) is 11.2. The van der Waals surface area contributed by atoms with Gasteiger partial charge < -0.3 is 10.5 Å². The summed E-state index contributed by atoms with van der Waals surface area (Å²) < 4.78 is 19.7. The average Bonchev–Trinajstić information content (AvgIpc) is 2.43. The van der Waals surface area contributed by atoms with Gasteiger partial charge in [-0.05, 0) is 23.8 Å². The van der Waals surface area contributed by atoms with Crippen molar-refractivity contribution in [1.82, 2.24) is 0 Å². The predicted octanol–water partition coefficient (Wildman–Crippen LogP) is 3.70. The maximum Gasteiger partial charge on any atom is 0.218 e. The SMILES string of the molecule is NC(=O)C[CH]c1ccc(Cl)c(Oc2ccccc2)c1F. The predicted molar refractivity (Wildman–Crippen MR) is 75.1 cm³/mol. The van der Waals surface area contributed by atoms with Crippen LogP contribution in [0, 0.1) is 12.2 Å². The molecular weight excluding hydrogens is 281 g/mol. The maximum atomic E-state index is 14.3. The number of rotatable bonds is 5. The molecule has 0 bridgehead atoms. The van der Waals surface area contributed by atoms with E-state index in [-0.39, 0.29) is 22.8 Å². The molecule has 2 aromatic carbocycles. The molecule has 3 nitrogen and oxygen atoms in total. The molecule has 0 fully saturated rings. The highest BCUT2D eigenvalue weighted by atomic mass is 35.5. The van der Waals surface area contributed by atoms with Gasteiger partial charge in [0.25, 0.3) is 0 Å². The summed E-state index contributed by atoms with van der Waals surface area (Å²) in [6, 6.07) is 11.7. The summed E-state index contributed by atoms with van der Waals surface area (Å²) in [5.74, 6) is -0.760. The van der Waals surface area contributed by atoms with Gasteiger partial charge in [-0.25, -0.2) is 4.39 Å². The van der Waals surface area contributed by atoms with Gasteiger partial charge in [-0.3, -0.25) is 4.79 Å². The van der Waals surface area contributed by atoms with Crippen LogP contribution in [-0.2, 0) is 4.79 Å². The Hall–Kier alpha value is -2.07. The lowest BCUT2D eigenvalue weighted by Crippen LogP contribution is -2.10. The van der Waals surface area contributed by atoms with E-state index in [0.29, 0.717) is 5.75 Å². The van der Waals surface area contributed by atoms with Gasteiger partial charge >= 0.3 is 0 Å². The van der Waals surface area contributed by atoms with Crippen LogP contribution >= 0.6 is 11.6 Å². The minimum Gasteiger partial charge on any atom is -0.453 e. The quantitative estimate of drug-likeness (QED) is 0.913. The molecule has 0 aliphatic heterocycles. The number of ether oxygens (including phenoxy) is 1. The van der Waals surface area contributed by atoms with Gasteiger partial charge in [0.1, 0.15) is 5.75 Å². The average molecular weight is 293 g/mol. The smallest absolute Gasteiger partial charge is 0.218 e. The summed E-state index contributed by atoms with van der Waals surface area (Å²) in [5, 5.41) is 0.155. The second kappa shape index (κ2) is 6.39. The minimum atomic E-state index is -0.623. The normalized spacial score (nSPS) is 10.3. The van der Waals surface area contributed by atoms with E-state index in [1.807, 2.05) is 6.07 Å². The van der Waals surface area contributed by atoms with Crippen molar-refractivity contribution in [1.29, 1.82) is 0 Å². The second-order valence-electron chi connectivity index (χ2n) is 4.07. The van der Waals surface area contributed by atoms with Crippen LogP contribution in [0.5, 0.6) is 11.5 Å². The minimum absolute atomic E-state index is 0.0523. The van der Waals surface area contributed by atoms with Gasteiger partial charge in [0.2, 0.25) is 5.91 Å². The van der Waals surface area contributed by atoms with Crippen molar-refractivity contribution < 1.29 is 13.9 Å². The fourth-order valence-corrected chi connectivity index (χ4v) is 1.80. The highest BCUT2D eigenvalue weighted by Gasteiger charge is 2.15. The summed E-state index contributed by atoms with van der Waals surface area (Å²) >= 11 is 5.94. The lowest BCUT2D eigenvalue weighted by atomic mass is 10.1. The van der Waals surface area contributed by atoms with Gasteiger partial charge in [-0.1, -0.05) is 35.9 Å². The third kappa shape index (κ3) is 3.48. The van der Waals surface area contributed by atoms with Gasteiger partial charge in [0.15, 0.2) is 11.6 Å². The zero-order chi connectivity index (χ0) is 14.5. The molecule has 0 aromatic heterocycles. The van der Waals surface area contributed by atoms with Gasteiger partial charge in [0, 0.05) is 12.8 Å². The first-order valence-corrected chi connectivity index (χ1v) is 6.28. The lowest BCUT2D eigenvalue weighted by molar-refractivity contribution is -0.117. The van der Waals surface area contributed by atoms with Crippen molar-refractivity contribution in [2.75, 3.05) is 0 Å². The summed E-state index contributed by atoms with van der Waals surface area (Å²) in [6.45, 7) is 0. The molecule has 2 rings (SSSR count). The number of nitrogens with two attached hydrogens (primary N) is 1. The van der Waals surface area contributed by atoms with E-state index in [0.717, 1.165) is 0 Å². The van der Waals surface area contributed by atoms with Crippen LogP contribution in [0.3, 0.4) is 0 Å². The molecule has 0 saturated carbocycles. The Morgan fingerprint density at radius 2 is 1.95 bits per heavy atom. The Kier molecular flexibility index (Phi) is 4.58. The number of halogens is 2. The Bertz CT molecular complexity index is 617. The summed E-state index contributed by atoms with van der Waals surface area (Å²) in [6.07, 6.45) is 1.34. The highest BCUT2D eigenvalue weighted by Crippen LogP contribution is 2.34. The van der Waals surface area contributed by atoms with Crippen molar-refractivity contribution in [3.05, 3.63) is 65.3 Å². The van der Waals surface area contributed by atoms with Crippen LogP contribution in [-0.4, -0.2) is 5.91 Å². The van der Waals surface area contributed by atoms with E-state index in [1.165, 1.54) is 18.6 Å². The Balaban J connectivity index is 2.27. The standard InChI is InChI=1S/C15H12ClFNO2/c16-12-8-6-10(7-9-13(18)19)14(17)15(12)20-11-4-2-1-3-5-11/h1-8H,9H2,(H2,18,19). The molecule has 0 spiro atoms. The molecule has 0 heterocycles. The molecule has 1 amide bonds. The van der Waals surface area contributed by atoms with Gasteiger partial charge in [-0.2, -0.15) is 0 Å². The van der Waals surface area contributed by atoms with Gasteiger partial charge in [-0.15, -0.1) is 0 Å². The Morgan fingerprint density at radius 3 is 2.60 bits per heavy atom. The van der Waals surface area contributed by atoms with Crippen molar-refractivity contribution in [2.24, 2.45) is 5.73 Å². The van der Waals surface area contributed by atoms with Crippen LogP contribution < -0.4 is 10.5 Å². The monoisotopic (exact) mass is 292 g/mol. The molecule has 20 heavy (non-hydrogen) atoms. The lowest BCUT2D eigenvalue weighted by Gasteiger charge is -2.11. The van der Waals surface area contributed by atoms with Crippen LogP contribution in [0.4, 0.5) is 4.39 Å². The van der Waals surface area contributed by atoms with E-state index < -0.39 is 11.7 Å². The third-order valence-electron chi connectivity index (χ3n) is 2.57. The number of hydrogen-bond donors (Lipinski definition) is 1. The number of benzene rings is 2. The van der Waals surface area contributed by atoms with E-state index >= 15 is 0 Å². The molecule has 0 saturated heterocycles. The topological polar surface area (TPSA) is 52.3 Å². The molecule has 2 aromatic rings. The Morgan fingerprint density at radius 1 is 1.25 bits per heavy atom. The van der Waals surface area contributed by atoms with Crippen molar-refractivity contribution in [3.63, 3.8) is 0 Å². The second-order valence-corrected chi connectivity index (χ2v) is 4.48. The fraction of sp³-hybridized carbons (Fsp3) is 0.0667. The molecule has 2 N–H and O–H groups in total. The first-order valence-electron chi connectivity index (χ1n) is 5.90. The number of carbonyl (C=O) groups is 1. The van der Waals surface area contributed by atoms with Crippen LogP contribution in [0.2, 0.25) is 5.02 Å². The zero-order valence-electron chi connectivity index (χ0n) is 10.5. The number of para-hydroxylation sites is 1. The first-order chi connectivity index (χ1) is 9.58. The van der Waals surface area contributed by atoms with Crippen molar-refractivity contribution in [3.8, 4) is 11.5 Å². The highest BCUT2D eigenvalue weighted by molar-refractivity contribution is 6.32. The van der Waals surface area contributed by atoms with Crippen molar-refractivity contribution in [2.45, 2.75) is 6.42 Å². The van der Waals surface area contributed by atoms with Crippen LogP contribution in [0.1, 0.15) is 12.0 Å². The van der Waals surface area contributed by atoms with E-state index in [9.17, 15) is 9.18 Å².